The van der Waals surface area contributed by atoms with Crippen molar-refractivity contribution in [2.75, 3.05) is 0 Å². The van der Waals surface area contributed by atoms with E-state index in [1.54, 1.807) is 0 Å². The number of hydrogen-bond acceptors (Lipinski definition) is 2. The minimum Gasteiger partial charge on any atom is -0.309 e. The van der Waals surface area contributed by atoms with Crippen LogP contribution in [0.4, 0.5) is 0 Å². The SMILES string of the molecule is CC1(C)c2ccccc2-c2c1c1c3ccccc3n(-c3ccccc3)c1c1c3ccccc3n(-c3ccccc3-c3ccc4ccc5cccnc5c4n3)c21. The number of benzene rings is 7. The third-order valence-corrected chi connectivity index (χ3v) is 12.1. The zero-order valence-corrected chi connectivity index (χ0v) is 30.5. The van der Waals surface area contributed by atoms with Gasteiger partial charge in [0.1, 0.15) is 0 Å². The van der Waals surface area contributed by atoms with Crippen LogP contribution in [0.2, 0.25) is 0 Å². The number of aromatic nitrogens is 4. The summed E-state index contributed by atoms with van der Waals surface area (Å²) in [5, 5.41) is 7.26. The van der Waals surface area contributed by atoms with Crippen LogP contribution >= 0.6 is 0 Å². The van der Waals surface area contributed by atoms with Crippen LogP contribution in [0.1, 0.15) is 25.0 Å². The van der Waals surface area contributed by atoms with Gasteiger partial charge in [-0.25, -0.2) is 4.98 Å². The van der Waals surface area contributed by atoms with Gasteiger partial charge in [0.05, 0.1) is 44.5 Å². The first-order valence-corrected chi connectivity index (χ1v) is 19.0. The molecule has 258 valence electrons. The molecule has 0 saturated heterocycles. The fraction of sp³-hybridized carbons (Fsp3) is 0.0588. The van der Waals surface area contributed by atoms with Gasteiger partial charge in [-0.1, -0.05) is 135 Å². The molecular formula is C51H34N4. The fourth-order valence-electron chi connectivity index (χ4n) is 9.81. The molecule has 0 fully saturated rings. The minimum atomic E-state index is -0.251. The Labute approximate surface area is 317 Å². The molecule has 1 aliphatic carbocycles. The third-order valence-electron chi connectivity index (χ3n) is 12.1. The average molecular weight is 703 g/mol. The van der Waals surface area contributed by atoms with Crippen molar-refractivity contribution in [2.45, 2.75) is 19.3 Å². The van der Waals surface area contributed by atoms with Gasteiger partial charge in [0.2, 0.25) is 0 Å². The van der Waals surface area contributed by atoms with E-state index in [1.807, 2.05) is 12.3 Å². The molecule has 0 unspecified atom stereocenters. The Hall–Kier alpha value is -7.04. The van der Waals surface area contributed by atoms with E-state index in [9.17, 15) is 0 Å². The summed E-state index contributed by atoms with van der Waals surface area (Å²) in [5.41, 5.74) is 16.0. The van der Waals surface area contributed by atoms with E-state index < -0.39 is 0 Å². The molecule has 4 heterocycles. The normalized spacial score (nSPS) is 13.4. The van der Waals surface area contributed by atoms with Crippen molar-refractivity contribution in [3.8, 4) is 33.8 Å². The van der Waals surface area contributed by atoms with Crippen LogP contribution in [0.25, 0.3) is 99.2 Å². The fourth-order valence-corrected chi connectivity index (χ4v) is 9.81. The van der Waals surface area contributed by atoms with Gasteiger partial charge in [-0.05, 0) is 59.2 Å². The van der Waals surface area contributed by atoms with E-state index in [-0.39, 0.29) is 5.41 Å². The lowest BCUT2D eigenvalue weighted by atomic mass is 9.80. The topological polar surface area (TPSA) is 35.6 Å². The smallest absolute Gasteiger partial charge is 0.0972 e. The maximum Gasteiger partial charge on any atom is 0.0972 e. The van der Waals surface area contributed by atoms with Crippen LogP contribution in [0, 0.1) is 0 Å². The molecule has 0 aliphatic heterocycles. The molecule has 4 heteroatoms. The van der Waals surface area contributed by atoms with E-state index in [4.69, 9.17) is 9.97 Å². The number of fused-ring (bicyclic) bond motifs is 15. The van der Waals surface area contributed by atoms with Gasteiger partial charge >= 0.3 is 0 Å². The van der Waals surface area contributed by atoms with Gasteiger partial charge in [-0.15, -0.1) is 0 Å². The van der Waals surface area contributed by atoms with Crippen LogP contribution in [0.3, 0.4) is 0 Å². The molecular weight excluding hydrogens is 669 g/mol. The van der Waals surface area contributed by atoms with Crippen LogP contribution < -0.4 is 0 Å². The monoisotopic (exact) mass is 702 g/mol. The third kappa shape index (κ3) is 4.00. The first kappa shape index (κ1) is 30.4. The predicted octanol–water partition coefficient (Wildman–Crippen LogP) is 13.0. The molecule has 0 spiro atoms. The molecule has 4 nitrogen and oxygen atoms in total. The zero-order chi connectivity index (χ0) is 36.4. The number of hydrogen-bond donors (Lipinski definition) is 0. The van der Waals surface area contributed by atoms with Crippen LogP contribution in [-0.4, -0.2) is 19.1 Å². The van der Waals surface area contributed by atoms with Crippen LogP contribution in [-0.2, 0) is 5.41 Å². The lowest BCUT2D eigenvalue weighted by Gasteiger charge is -2.23. The first-order valence-electron chi connectivity index (χ1n) is 19.0. The number of pyridine rings is 2. The number of rotatable bonds is 3. The largest absolute Gasteiger partial charge is 0.309 e. The molecule has 0 N–H and O–H groups in total. The Morgan fingerprint density at radius 3 is 1.95 bits per heavy atom. The summed E-state index contributed by atoms with van der Waals surface area (Å²) in [6.07, 6.45) is 1.86. The average Bonchev–Trinajstić information content (AvgIpc) is 3.84. The lowest BCUT2D eigenvalue weighted by molar-refractivity contribution is 0.667. The summed E-state index contributed by atoms with van der Waals surface area (Å²) >= 11 is 0. The van der Waals surface area contributed by atoms with Crippen molar-refractivity contribution >= 4 is 65.4 Å². The van der Waals surface area contributed by atoms with E-state index in [0.717, 1.165) is 44.4 Å². The van der Waals surface area contributed by atoms with E-state index in [1.165, 1.54) is 65.9 Å². The number of para-hydroxylation sites is 4. The van der Waals surface area contributed by atoms with Crippen molar-refractivity contribution in [2.24, 2.45) is 0 Å². The second kappa shape index (κ2) is 11.0. The molecule has 4 aromatic heterocycles. The van der Waals surface area contributed by atoms with Gasteiger partial charge in [0.25, 0.3) is 0 Å². The second-order valence-corrected chi connectivity index (χ2v) is 15.3. The molecule has 1 aliphatic rings. The summed E-state index contributed by atoms with van der Waals surface area (Å²) in [6, 6.07) is 59.4. The Bertz CT molecular complexity index is 3400. The first-order chi connectivity index (χ1) is 27.1. The van der Waals surface area contributed by atoms with Crippen molar-refractivity contribution in [3.05, 3.63) is 181 Å². The van der Waals surface area contributed by atoms with Crippen LogP contribution in [0.5, 0.6) is 0 Å². The van der Waals surface area contributed by atoms with Crippen LogP contribution in [0.15, 0.2) is 170 Å². The van der Waals surface area contributed by atoms with E-state index in [2.05, 4.69) is 181 Å². The minimum absolute atomic E-state index is 0.251. The summed E-state index contributed by atoms with van der Waals surface area (Å²) in [4.78, 5) is 10.2. The standard InChI is InChI=1S/C51H34N4/c1-51(2)38-22-10-6-18-34(38)43-46(51)44-36-20-8-12-24-41(36)54(33-16-4-3-5-17-33)49(44)45-37-21-9-13-25-42(37)55(50(43)45)40-23-11-7-19-35(40)39-29-28-32-27-26-31-15-14-30-52-47(31)48(32)53-39/h3-30H,1-2H3. The van der Waals surface area contributed by atoms with E-state index in [0.29, 0.717) is 0 Å². The van der Waals surface area contributed by atoms with Gasteiger partial charge in [-0.3, -0.25) is 4.98 Å². The highest BCUT2D eigenvalue weighted by Crippen LogP contribution is 2.58. The number of nitrogens with zero attached hydrogens (tertiary/aromatic N) is 4. The summed E-state index contributed by atoms with van der Waals surface area (Å²) in [7, 11) is 0. The Balaban J connectivity index is 1.31. The predicted molar refractivity (Wildman–Crippen MR) is 229 cm³/mol. The summed E-state index contributed by atoms with van der Waals surface area (Å²) in [5.74, 6) is 0. The summed E-state index contributed by atoms with van der Waals surface area (Å²) in [6.45, 7) is 4.83. The molecule has 0 amide bonds. The molecule has 0 bridgehead atoms. The Morgan fingerprint density at radius 1 is 0.491 bits per heavy atom. The molecule has 0 radical (unpaired) electrons. The molecule has 11 aromatic rings. The van der Waals surface area contributed by atoms with Crippen molar-refractivity contribution in [1.82, 2.24) is 19.1 Å². The highest BCUT2D eigenvalue weighted by atomic mass is 15.0. The summed E-state index contributed by atoms with van der Waals surface area (Å²) < 4.78 is 5.05. The maximum atomic E-state index is 5.39. The maximum absolute atomic E-state index is 5.39. The molecule has 0 atom stereocenters. The second-order valence-electron chi connectivity index (χ2n) is 15.3. The Kier molecular flexibility index (Phi) is 6.09. The highest BCUT2D eigenvalue weighted by Gasteiger charge is 2.41. The highest BCUT2D eigenvalue weighted by molar-refractivity contribution is 6.31. The zero-order valence-electron chi connectivity index (χ0n) is 30.5. The van der Waals surface area contributed by atoms with Gasteiger partial charge < -0.3 is 9.13 Å². The van der Waals surface area contributed by atoms with Gasteiger partial charge in [-0.2, -0.15) is 0 Å². The Morgan fingerprint density at radius 2 is 1.13 bits per heavy atom. The molecule has 0 saturated carbocycles. The quantitative estimate of drug-likeness (QED) is 0.172. The van der Waals surface area contributed by atoms with Crippen molar-refractivity contribution in [1.29, 1.82) is 0 Å². The van der Waals surface area contributed by atoms with Gasteiger partial charge in [0, 0.05) is 60.7 Å². The van der Waals surface area contributed by atoms with E-state index >= 15 is 0 Å². The lowest BCUT2D eigenvalue weighted by Crippen LogP contribution is -2.15. The molecule has 7 aromatic carbocycles. The van der Waals surface area contributed by atoms with Crippen molar-refractivity contribution in [3.63, 3.8) is 0 Å². The molecule has 55 heavy (non-hydrogen) atoms. The van der Waals surface area contributed by atoms with Gasteiger partial charge in [0.15, 0.2) is 0 Å². The van der Waals surface area contributed by atoms with Crippen molar-refractivity contribution < 1.29 is 0 Å². The molecule has 12 rings (SSSR count).